The summed E-state index contributed by atoms with van der Waals surface area (Å²) in [7, 11) is 4.10. The summed E-state index contributed by atoms with van der Waals surface area (Å²) in [4.78, 5) is 9.39. The summed E-state index contributed by atoms with van der Waals surface area (Å²) in [5.41, 5.74) is 5.79. The molecular formula is C28H29N3O2. The fourth-order valence-electron chi connectivity index (χ4n) is 4.34. The van der Waals surface area contributed by atoms with Gasteiger partial charge in [-0.25, -0.2) is 0 Å². The number of hydrogen-bond donors (Lipinski definition) is 0. The second-order valence-electron chi connectivity index (χ2n) is 8.67. The lowest BCUT2D eigenvalue weighted by atomic mass is 10.1. The normalized spacial score (nSPS) is 12.9. The van der Waals surface area contributed by atoms with Gasteiger partial charge < -0.3 is 19.3 Å². The van der Waals surface area contributed by atoms with E-state index >= 15 is 0 Å². The van der Waals surface area contributed by atoms with Gasteiger partial charge in [0, 0.05) is 29.9 Å². The van der Waals surface area contributed by atoms with E-state index in [0.29, 0.717) is 6.61 Å². The van der Waals surface area contributed by atoms with Crippen molar-refractivity contribution in [2.24, 2.45) is 0 Å². The summed E-state index contributed by atoms with van der Waals surface area (Å²) >= 11 is 0. The molecular weight excluding hydrogens is 410 g/mol. The summed E-state index contributed by atoms with van der Waals surface area (Å²) in [5.74, 6) is 2.54. The van der Waals surface area contributed by atoms with Crippen molar-refractivity contribution in [2.45, 2.75) is 13.3 Å². The van der Waals surface area contributed by atoms with Gasteiger partial charge in [-0.15, -0.1) is 0 Å². The number of aromatic nitrogens is 1. The number of aryl methyl sites for hydroxylation is 1. The molecule has 0 saturated heterocycles. The molecule has 0 bridgehead atoms. The number of anilines is 2. The van der Waals surface area contributed by atoms with Crippen LogP contribution in [0.4, 0.5) is 11.4 Å². The van der Waals surface area contributed by atoms with Gasteiger partial charge in [0.15, 0.2) is 0 Å². The van der Waals surface area contributed by atoms with E-state index in [1.807, 2.05) is 36.4 Å². The van der Waals surface area contributed by atoms with Crippen LogP contribution >= 0.6 is 0 Å². The molecule has 0 spiro atoms. The minimum Gasteiger partial charge on any atom is -0.492 e. The van der Waals surface area contributed by atoms with Gasteiger partial charge in [0.1, 0.15) is 23.9 Å². The molecule has 5 heteroatoms. The Labute approximate surface area is 195 Å². The standard InChI is InChI=1S/C28H29N3O2/c1-20-25-15-16-31(21-9-11-22(12-10-21)32-18-17-30(2)3)28(25)26-19-24(13-14-27(26)29-20)33-23-7-5-4-6-8-23/h4-14,19H,15-18H2,1-3H3. The molecule has 4 aromatic rings. The maximum absolute atomic E-state index is 6.12. The predicted octanol–water partition coefficient (Wildman–Crippen LogP) is 5.97. The van der Waals surface area contributed by atoms with Gasteiger partial charge in [0.05, 0.1) is 11.2 Å². The van der Waals surface area contributed by atoms with Crippen LogP contribution in [0, 0.1) is 6.92 Å². The maximum atomic E-state index is 6.12. The molecule has 1 aliphatic rings. The Bertz CT molecular complexity index is 1250. The van der Waals surface area contributed by atoms with Crippen LogP contribution in [0.5, 0.6) is 17.2 Å². The molecule has 3 aromatic carbocycles. The minimum absolute atomic E-state index is 0.679. The topological polar surface area (TPSA) is 37.8 Å². The molecule has 1 aliphatic heterocycles. The third-order valence-electron chi connectivity index (χ3n) is 6.02. The number of likely N-dealkylation sites (N-methyl/N-ethyl adjacent to an activating group) is 1. The minimum atomic E-state index is 0.679. The van der Waals surface area contributed by atoms with E-state index in [2.05, 4.69) is 67.2 Å². The molecule has 5 rings (SSSR count). The lowest BCUT2D eigenvalue weighted by Gasteiger charge is -2.22. The predicted molar refractivity (Wildman–Crippen MR) is 134 cm³/mol. The number of rotatable bonds is 7. The highest BCUT2D eigenvalue weighted by atomic mass is 16.5. The number of pyridine rings is 1. The van der Waals surface area contributed by atoms with Crippen LogP contribution in [0.2, 0.25) is 0 Å². The van der Waals surface area contributed by atoms with Gasteiger partial charge in [-0.2, -0.15) is 0 Å². The smallest absolute Gasteiger partial charge is 0.128 e. The summed E-state index contributed by atoms with van der Waals surface area (Å²) in [6.07, 6.45) is 0.981. The van der Waals surface area contributed by atoms with Gasteiger partial charge in [0.2, 0.25) is 0 Å². The van der Waals surface area contributed by atoms with Crippen LogP contribution in [-0.2, 0) is 6.42 Å². The van der Waals surface area contributed by atoms with E-state index in [1.165, 1.54) is 11.3 Å². The van der Waals surface area contributed by atoms with E-state index in [-0.39, 0.29) is 0 Å². The van der Waals surface area contributed by atoms with E-state index in [4.69, 9.17) is 14.5 Å². The molecule has 1 aromatic heterocycles. The Kier molecular flexibility index (Phi) is 5.88. The summed E-state index contributed by atoms with van der Waals surface area (Å²) < 4.78 is 12.0. The Morgan fingerprint density at radius 2 is 1.67 bits per heavy atom. The summed E-state index contributed by atoms with van der Waals surface area (Å²) in [6.45, 7) is 4.62. The van der Waals surface area contributed by atoms with Crippen molar-refractivity contribution in [3.05, 3.63) is 84.1 Å². The number of fused-ring (bicyclic) bond motifs is 3. The molecule has 2 heterocycles. The van der Waals surface area contributed by atoms with Crippen LogP contribution < -0.4 is 14.4 Å². The molecule has 0 amide bonds. The molecule has 0 fully saturated rings. The van der Waals surface area contributed by atoms with E-state index in [0.717, 1.165) is 59.0 Å². The Morgan fingerprint density at radius 3 is 2.42 bits per heavy atom. The van der Waals surface area contributed by atoms with Crippen molar-refractivity contribution in [3.63, 3.8) is 0 Å². The number of ether oxygens (including phenoxy) is 2. The second kappa shape index (κ2) is 9.12. The molecule has 0 radical (unpaired) electrons. The number of hydrogen-bond acceptors (Lipinski definition) is 5. The lowest BCUT2D eigenvalue weighted by Crippen LogP contribution is -2.19. The molecule has 168 valence electrons. The monoisotopic (exact) mass is 439 g/mol. The average Bonchev–Trinajstić information content (AvgIpc) is 3.27. The first kappa shape index (κ1) is 21.3. The van der Waals surface area contributed by atoms with Gasteiger partial charge >= 0.3 is 0 Å². The third kappa shape index (κ3) is 4.50. The highest BCUT2D eigenvalue weighted by Gasteiger charge is 2.26. The molecule has 0 N–H and O–H groups in total. The van der Waals surface area contributed by atoms with Crippen LogP contribution in [-0.4, -0.2) is 43.7 Å². The third-order valence-corrected chi connectivity index (χ3v) is 6.02. The van der Waals surface area contributed by atoms with Gasteiger partial charge in [-0.1, -0.05) is 18.2 Å². The largest absolute Gasteiger partial charge is 0.492 e. The molecule has 0 unspecified atom stereocenters. The fourth-order valence-corrected chi connectivity index (χ4v) is 4.34. The van der Waals surface area contributed by atoms with Crippen molar-refractivity contribution in [3.8, 4) is 17.2 Å². The average molecular weight is 440 g/mol. The SMILES string of the molecule is Cc1nc2ccc(Oc3ccccc3)cc2c2c1CCN2c1ccc(OCCN(C)C)cc1. The zero-order valence-electron chi connectivity index (χ0n) is 19.4. The first-order valence-electron chi connectivity index (χ1n) is 11.4. The van der Waals surface area contributed by atoms with Gasteiger partial charge in [-0.3, -0.25) is 4.98 Å². The molecule has 0 aliphatic carbocycles. The van der Waals surface area contributed by atoms with Crippen molar-refractivity contribution >= 4 is 22.3 Å². The van der Waals surface area contributed by atoms with Crippen LogP contribution in [0.3, 0.4) is 0 Å². The zero-order valence-corrected chi connectivity index (χ0v) is 19.4. The van der Waals surface area contributed by atoms with Crippen molar-refractivity contribution in [1.29, 1.82) is 0 Å². The van der Waals surface area contributed by atoms with Crippen molar-refractivity contribution in [1.82, 2.24) is 9.88 Å². The van der Waals surface area contributed by atoms with E-state index in [9.17, 15) is 0 Å². The second-order valence-corrected chi connectivity index (χ2v) is 8.67. The lowest BCUT2D eigenvalue weighted by molar-refractivity contribution is 0.261. The quantitative estimate of drug-likeness (QED) is 0.355. The highest BCUT2D eigenvalue weighted by molar-refractivity contribution is 5.98. The van der Waals surface area contributed by atoms with Gasteiger partial charge in [-0.05, 0) is 87.6 Å². The summed E-state index contributed by atoms with van der Waals surface area (Å²) in [6, 6.07) is 24.5. The van der Waals surface area contributed by atoms with Crippen molar-refractivity contribution < 1.29 is 9.47 Å². The van der Waals surface area contributed by atoms with Gasteiger partial charge in [0.25, 0.3) is 0 Å². The number of para-hydroxylation sites is 1. The van der Waals surface area contributed by atoms with Crippen LogP contribution in [0.15, 0.2) is 72.8 Å². The highest BCUT2D eigenvalue weighted by Crippen LogP contribution is 2.42. The maximum Gasteiger partial charge on any atom is 0.128 e. The number of benzene rings is 3. The number of nitrogens with zero attached hydrogens (tertiary/aromatic N) is 3. The summed E-state index contributed by atoms with van der Waals surface area (Å²) in [5, 5.41) is 1.12. The van der Waals surface area contributed by atoms with Crippen molar-refractivity contribution in [2.75, 3.05) is 38.7 Å². The first-order valence-corrected chi connectivity index (χ1v) is 11.4. The Balaban J connectivity index is 1.47. The van der Waals surface area contributed by atoms with Crippen LogP contribution in [0.1, 0.15) is 11.3 Å². The Hall–Kier alpha value is -3.57. The molecule has 5 nitrogen and oxygen atoms in total. The first-order chi connectivity index (χ1) is 16.1. The zero-order chi connectivity index (χ0) is 22.8. The van der Waals surface area contributed by atoms with E-state index in [1.54, 1.807) is 0 Å². The van der Waals surface area contributed by atoms with Crippen LogP contribution in [0.25, 0.3) is 10.9 Å². The molecule has 0 saturated carbocycles. The molecule has 0 atom stereocenters. The van der Waals surface area contributed by atoms with E-state index < -0.39 is 0 Å². The Morgan fingerprint density at radius 1 is 0.909 bits per heavy atom. The fraction of sp³-hybridized carbons (Fsp3) is 0.250. The molecule has 33 heavy (non-hydrogen) atoms.